The summed E-state index contributed by atoms with van der Waals surface area (Å²) < 4.78 is 26.5. The third-order valence-corrected chi connectivity index (χ3v) is 5.44. The standard InChI is InChI=1S/C21H16ClF2N3O4S/c22-13-3-1-12(2-4-13)9-17-20(30)27(21(31)32-17)8-7-25-18(28)11-26-19(29)15-6-5-14(23)10-16(15)24/h1-6,9-10H,7-8,11H2,(H,25,28)(H,26,29)/b17-9+. The lowest BCUT2D eigenvalue weighted by Gasteiger charge is -2.13. The highest BCUT2D eigenvalue weighted by atomic mass is 35.5. The van der Waals surface area contributed by atoms with Gasteiger partial charge in [0.1, 0.15) is 11.6 Å². The van der Waals surface area contributed by atoms with E-state index in [9.17, 15) is 28.0 Å². The van der Waals surface area contributed by atoms with Gasteiger partial charge in [-0.1, -0.05) is 23.7 Å². The molecular formula is C21H16ClF2N3O4S. The molecule has 166 valence electrons. The number of nitrogens with zero attached hydrogens (tertiary/aromatic N) is 1. The molecule has 0 aromatic heterocycles. The number of carbonyl (C=O) groups is 4. The Balaban J connectivity index is 1.46. The molecule has 1 aliphatic heterocycles. The van der Waals surface area contributed by atoms with Crippen molar-refractivity contribution < 1.29 is 28.0 Å². The summed E-state index contributed by atoms with van der Waals surface area (Å²) in [6.45, 7) is -0.561. The maximum absolute atomic E-state index is 13.6. The molecule has 0 spiro atoms. The van der Waals surface area contributed by atoms with Crippen LogP contribution in [0.3, 0.4) is 0 Å². The van der Waals surface area contributed by atoms with Crippen molar-refractivity contribution in [2.75, 3.05) is 19.6 Å². The van der Waals surface area contributed by atoms with E-state index in [1.54, 1.807) is 30.3 Å². The number of nitrogens with one attached hydrogen (secondary N) is 2. The zero-order valence-electron chi connectivity index (χ0n) is 16.4. The monoisotopic (exact) mass is 479 g/mol. The summed E-state index contributed by atoms with van der Waals surface area (Å²) >= 11 is 6.61. The summed E-state index contributed by atoms with van der Waals surface area (Å²) in [5.74, 6) is -3.84. The Bertz CT molecular complexity index is 1110. The number of hydrogen-bond acceptors (Lipinski definition) is 5. The summed E-state index contributed by atoms with van der Waals surface area (Å²) in [4.78, 5) is 49.6. The minimum atomic E-state index is -1.05. The van der Waals surface area contributed by atoms with Gasteiger partial charge in [-0.3, -0.25) is 24.1 Å². The van der Waals surface area contributed by atoms with Crippen LogP contribution >= 0.6 is 23.4 Å². The van der Waals surface area contributed by atoms with Crippen LogP contribution in [0.1, 0.15) is 15.9 Å². The molecule has 1 saturated heterocycles. The Morgan fingerprint density at radius 3 is 2.47 bits per heavy atom. The van der Waals surface area contributed by atoms with E-state index in [1.165, 1.54) is 0 Å². The smallest absolute Gasteiger partial charge is 0.293 e. The predicted molar refractivity (Wildman–Crippen MR) is 116 cm³/mol. The summed E-state index contributed by atoms with van der Waals surface area (Å²) in [7, 11) is 0. The first kappa shape index (κ1) is 23.4. The van der Waals surface area contributed by atoms with Gasteiger partial charge in [0.15, 0.2) is 0 Å². The van der Waals surface area contributed by atoms with Crippen LogP contribution in [0.2, 0.25) is 5.02 Å². The molecule has 0 radical (unpaired) electrons. The zero-order chi connectivity index (χ0) is 23.3. The van der Waals surface area contributed by atoms with Gasteiger partial charge in [-0.25, -0.2) is 8.78 Å². The van der Waals surface area contributed by atoms with Crippen LogP contribution in [0.5, 0.6) is 0 Å². The summed E-state index contributed by atoms with van der Waals surface area (Å²) in [5, 5.41) is 4.74. The van der Waals surface area contributed by atoms with Crippen LogP contribution in [0.4, 0.5) is 13.6 Å². The van der Waals surface area contributed by atoms with Crippen molar-refractivity contribution in [3.8, 4) is 0 Å². The average molecular weight is 480 g/mol. The van der Waals surface area contributed by atoms with Crippen molar-refractivity contribution in [1.29, 1.82) is 0 Å². The Kier molecular flexibility index (Phi) is 7.60. The fourth-order valence-corrected chi connectivity index (χ4v) is 3.69. The minimum absolute atomic E-state index is 0.0358. The van der Waals surface area contributed by atoms with Gasteiger partial charge in [-0.2, -0.15) is 0 Å². The number of benzene rings is 2. The van der Waals surface area contributed by atoms with E-state index in [1.807, 2.05) is 0 Å². The Hall–Kier alpha value is -3.24. The van der Waals surface area contributed by atoms with Crippen LogP contribution < -0.4 is 10.6 Å². The number of rotatable bonds is 7. The fourth-order valence-electron chi connectivity index (χ4n) is 2.70. The van der Waals surface area contributed by atoms with E-state index < -0.39 is 46.7 Å². The van der Waals surface area contributed by atoms with E-state index in [2.05, 4.69) is 10.6 Å². The van der Waals surface area contributed by atoms with Gasteiger partial charge in [0.05, 0.1) is 17.0 Å². The maximum atomic E-state index is 13.6. The molecule has 0 unspecified atom stereocenters. The highest BCUT2D eigenvalue weighted by Crippen LogP contribution is 2.32. The van der Waals surface area contributed by atoms with E-state index in [4.69, 9.17) is 11.6 Å². The van der Waals surface area contributed by atoms with Gasteiger partial charge >= 0.3 is 0 Å². The average Bonchev–Trinajstić information content (AvgIpc) is 3.01. The van der Waals surface area contributed by atoms with Crippen LogP contribution in [-0.4, -0.2) is 47.5 Å². The van der Waals surface area contributed by atoms with Crippen LogP contribution in [-0.2, 0) is 9.59 Å². The second-order valence-electron chi connectivity index (χ2n) is 6.54. The van der Waals surface area contributed by atoms with E-state index >= 15 is 0 Å². The first-order chi connectivity index (χ1) is 15.2. The van der Waals surface area contributed by atoms with Gasteiger partial charge in [-0.05, 0) is 47.7 Å². The topological polar surface area (TPSA) is 95.6 Å². The molecule has 0 saturated carbocycles. The van der Waals surface area contributed by atoms with Crippen molar-refractivity contribution in [3.63, 3.8) is 0 Å². The maximum Gasteiger partial charge on any atom is 0.293 e. The van der Waals surface area contributed by atoms with Crippen LogP contribution in [0.15, 0.2) is 47.4 Å². The van der Waals surface area contributed by atoms with Gasteiger partial charge in [0, 0.05) is 24.2 Å². The molecule has 0 atom stereocenters. The van der Waals surface area contributed by atoms with Gasteiger partial charge < -0.3 is 10.6 Å². The molecule has 2 aromatic carbocycles. The zero-order valence-corrected chi connectivity index (χ0v) is 17.9. The van der Waals surface area contributed by atoms with Gasteiger partial charge in [0.2, 0.25) is 5.91 Å². The number of carbonyl (C=O) groups excluding carboxylic acids is 4. The normalized spacial score (nSPS) is 14.7. The molecule has 0 bridgehead atoms. The molecule has 3 rings (SSSR count). The van der Waals surface area contributed by atoms with Gasteiger partial charge in [0.25, 0.3) is 17.1 Å². The van der Waals surface area contributed by atoms with Crippen LogP contribution in [0, 0.1) is 11.6 Å². The van der Waals surface area contributed by atoms with Crippen LogP contribution in [0.25, 0.3) is 6.08 Å². The number of hydrogen-bond donors (Lipinski definition) is 2. The van der Waals surface area contributed by atoms with E-state index in [-0.39, 0.29) is 18.0 Å². The highest BCUT2D eigenvalue weighted by molar-refractivity contribution is 8.18. The Morgan fingerprint density at radius 2 is 1.78 bits per heavy atom. The molecule has 11 heteroatoms. The minimum Gasteiger partial charge on any atom is -0.353 e. The molecule has 2 N–H and O–H groups in total. The van der Waals surface area contributed by atoms with Crippen molar-refractivity contribution in [1.82, 2.24) is 15.5 Å². The van der Waals surface area contributed by atoms with E-state index in [0.29, 0.717) is 16.7 Å². The lowest BCUT2D eigenvalue weighted by molar-refractivity contribution is -0.124. The van der Waals surface area contributed by atoms with Crippen molar-refractivity contribution in [3.05, 3.63) is 75.2 Å². The number of thioether (sulfide) groups is 1. The Labute approximate surface area is 190 Å². The molecule has 1 aliphatic rings. The Morgan fingerprint density at radius 1 is 1.06 bits per heavy atom. The van der Waals surface area contributed by atoms with Crippen molar-refractivity contribution in [2.45, 2.75) is 0 Å². The highest BCUT2D eigenvalue weighted by Gasteiger charge is 2.34. The molecule has 1 fully saturated rings. The molecule has 7 nitrogen and oxygen atoms in total. The largest absolute Gasteiger partial charge is 0.353 e. The SMILES string of the molecule is O=C(CNC(=O)c1ccc(F)cc1F)NCCN1C(=O)S/C(=C/c2ccc(Cl)cc2)C1=O. The fraction of sp³-hybridized carbons (Fsp3) is 0.143. The molecule has 4 amide bonds. The second kappa shape index (κ2) is 10.4. The molecule has 32 heavy (non-hydrogen) atoms. The molecule has 1 heterocycles. The summed E-state index contributed by atoms with van der Waals surface area (Å²) in [6.07, 6.45) is 1.57. The number of halogens is 3. The second-order valence-corrected chi connectivity index (χ2v) is 7.97. The molecular weight excluding hydrogens is 464 g/mol. The van der Waals surface area contributed by atoms with Crippen molar-refractivity contribution >= 4 is 52.4 Å². The number of amides is 4. The van der Waals surface area contributed by atoms with Gasteiger partial charge in [-0.15, -0.1) is 0 Å². The quantitative estimate of drug-likeness (QED) is 0.595. The predicted octanol–water partition coefficient (Wildman–Crippen LogP) is 3.20. The number of imide groups is 1. The third-order valence-electron chi connectivity index (χ3n) is 4.28. The first-order valence-corrected chi connectivity index (χ1v) is 10.4. The third kappa shape index (κ3) is 5.92. The molecule has 0 aliphatic carbocycles. The molecule has 2 aromatic rings. The lowest BCUT2D eigenvalue weighted by atomic mass is 10.2. The van der Waals surface area contributed by atoms with Crippen molar-refractivity contribution in [2.24, 2.45) is 0 Å². The summed E-state index contributed by atoms with van der Waals surface area (Å²) in [5.41, 5.74) is 0.311. The lowest BCUT2D eigenvalue weighted by Crippen LogP contribution is -2.41. The van der Waals surface area contributed by atoms with E-state index in [0.717, 1.165) is 28.8 Å². The first-order valence-electron chi connectivity index (χ1n) is 9.25. The summed E-state index contributed by atoms with van der Waals surface area (Å²) in [6, 6.07) is 9.20.